The largest absolute Gasteiger partial charge is 0.473 e. The van der Waals surface area contributed by atoms with Crippen molar-refractivity contribution in [2.75, 3.05) is 13.2 Å². The Morgan fingerprint density at radius 1 is 1.38 bits per heavy atom. The van der Waals surface area contributed by atoms with Gasteiger partial charge in [-0.2, -0.15) is 10.2 Å². The van der Waals surface area contributed by atoms with Crippen LogP contribution in [0.3, 0.4) is 0 Å². The summed E-state index contributed by atoms with van der Waals surface area (Å²) < 4.78 is 22.4. The smallest absolute Gasteiger partial charge is 0.298 e. The van der Waals surface area contributed by atoms with E-state index in [0.29, 0.717) is 24.4 Å². The van der Waals surface area contributed by atoms with Gasteiger partial charge in [0.25, 0.3) is 5.91 Å². The highest BCUT2D eigenvalue weighted by molar-refractivity contribution is 5.93. The maximum absolute atomic E-state index is 12.9. The molecule has 0 N–H and O–H groups in total. The minimum Gasteiger partial charge on any atom is -0.473 e. The van der Waals surface area contributed by atoms with Gasteiger partial charge < -0.3 is 9.64 Å². The predicted octanol–water partition coefficient (Wildman–Crippen LogP) is 1.86. The van der Waals surface area contributed by atoms with E-state index in [1.165, 1.54) is 4.90 Å². The molecule has 0 saturated heterocycles. The lowest BCUT2D eigenvalue weighted by atomic mass is 9.87. The molecular weight excluding hydrogens is 375 g/mol. The van der Waals surface area contributed by atoms with Gasteiger partial charge in [0.2, 0.25) is 5.88 Å². The number of rotatable bonds is 6. The Balaban J connectivity index is 1.51. The molecule has 0 aromatic carbocycles. The van der Waals surface area contributed by atoms with Crippen LogP contribution in [0, 0.1) is 11.8 Å². The van der Waals surface area contributed by atoms with E-state index in [4.69, 9.17) is 4.74 Å². The van der Waals surface area contributed by atoms with Crippen LogP contribution in [0.25, 0.3) is 16.8 Å². The molecule has 0 bridgehead atoms. The van der Waals surface area contributed by atoms with E-state index in [1.54, 1.807) is 28.5 Å². The van der Waals surface area contributed by atoms with Crippen LogP contribution in [0.4, 0.5) is 4.39 Å². The average Bonchev–Trinajstić information content (AvgIpc) is 3.31. The molecule has 150 valence electrons. The van der Waals surface area contributed by atoms with Gasteiger partial charge in [0.05, 0.1) is 30.8 Å². The summed E-state index contributed by atoms with van der Waals surface area (Å²) in [6.45, 7) is 1.05. The summed E-state index contributed by atoms with van der Waals surface area (Å²) in [5.41, 5.74) is 2.32. The molecule has 0 radical (unpaired) electrons. The van der Waals surface area contributed by atoms with Crippen LogP contribution in [-0.2, 0) is 11.8 Å². The molecule has 1 aliphatic carbocycles. The van der Waals surface area contributed by atoms with E-state index in [0.717, 1.165) is 11.1 Å². The fourth-order valence-electron chi connectivity index (χ4n) is 3.44. The van der Waals surface area contributed by atoms with Gasteiger partial charge >= 0.3 is 0 Å². The molecule has 1 fully saturated rings. The van der Waals surface area contributed by atoms with E-state index in [2.05, 4.69) is 27.0 Å². The molecule has 1 saturated carbocycles. The Bertz CT molecular complexity index is 1090. The number of aryl methyl sites for hydroxylation is 1. The molecule has 3 aromatic heterocycles. The average molecular weight is 396 g/mol. The maximum atomic E-state index is 12.9. The number of hydrogen-bond donors (Lipinski definition) is 0. The molecule has 1 aliphatic rings. The summed E-state index contributed by atoms with van der Waals surface area (Å²) in [4.78, 5) is 18.2. The third kappa shape index (κ3) is 3.78. The normalized spacial score (nSPS) is 18.0. The van der Waals surface area contributed by atoms with Gasteiger partial charge in [0.15, 0.2) is 0 Å². The Morgan fingerprint density at radius 2 is 2.21 bits per heavy atom. The molecule has 0 spiro atoms. The minimum absolute atomic E-state index is 0.0481. The van der Waals surface area contributed by atoms with Crippen molar-refractivity contribution >= 4 is 11.4 Å². The fraction of sp³-hybridized carbons (Fsp3) is 0.400. The first-order valence-corrected chi connectivity index (χ1v) is 9.38. The zero-order chi connectivity index (χ0) is 20.4. The molecule has 1 amide bonds. The second-order valence-corrected chi connectivity index (χ2v) is 6.92. The fourth-order valence-corrected chi connectivity index (χ4v) is 3.44. The number of hydrogen-bond acceptors (Lipinski definition) is 5. The van der Waals surface area contributed by atoms with Crippen molar-refractivity contribution in [2.24, 2.45) is 7.05 Å². The first kappa shape index (κ1) is 18.9. The van der Waals surface area contributed by atoms with Crippen molar-refractivity contribution in [3.05, 3.63) is 30.9 Å². The van der Waals surface area contributed by atoms with Gasteiger partial charge in [-0.05, 0) is 18.9 Å². The monoisotopic (exact) mass is 396 g/mol. The van der Waals surface area contributed by atoms with Crippen LogP contribution in [-0.4, -0.2) is 60.6 Å². The summed E-state index contributed by atoms with van der Waals surface area (Å²) in [5.74, 6) is 5.20. The summed E-state index contributed by atoms with van der Waals surface area (Å²) in [5, 5.41) is 8.48. The molecule has 0 unspecified atom stereocenters. The van der Waals surface area contributed by atoms with Crippen LogP contribution in [0.2, 0.25) is 0 Å². The highest BCUT2D eigenvalue weighted by Gasteiger charge is 2.37. The molecule has 3 heterocycles. The number of alkyl halides is 1. The van der Waals surface area contributed by atoms with Gasteiger partial charge in [0.1, 0.15) is 18.3 Å². The van der Waals surface area contributed by atoms with Crippen molar-refractivity contribution in [1.29, 1.82) is 0 Å². The van der Waals surface area contributed by atoms with Crippen LogP contribution in [0.1, 0.15) is 19.8 Å². The highest BCUT2D eigenvalue weighted by Crippen LogP contribution is 2.32. The summed E-state index contributed by atoms with van der Waals surface area (Å²) in [6.07, 6.45) is 8.22. The van der Waals surface area contributed by atoms with Crippen molar-refractivity contribution in [3.63, 3.8) is 0 Å². The van der Waals surface area contributed by atoms with Gasteiger partial charge in [-0.25, -0.2) is 13.9 Å². The van der Waals surface area contributed by atoms with Gasteiger partial charge in [0, 0.05) is 37.7 Å². The maximum Gasteiger partial charge on any atom is 0.298 e. The van der Waals surface area contributed by atoms with E-state index in [9.17, 15) is 9.18 Å². The Labute approximate surface area is 167 Å². The van der Waals surface area contributed by atoms with Gasteiger partial charge in [-0.3, -0.25) is 9.48 Å². The molecule has 29 heavy (non-hydrogen) atoms. The zero-order valence-corrected chi connectivity index (χ0v) is 16.2. The first-order valence-electron chi connectivity index (χ1n) is 9.38. The third-order valence-corrected chi connectivity index (χ3v) is 4.96. The topological polar surface area (TPSA) is 77.6 Å². The Kier molecular flexibility index (Phi) is 5.16. The quantitative estimate of drug-likeness (QED) is 0.595. The molecule has 3 aromatic rings. The molecule has 9 heteroatoms. The lowest BCUT2D eigenvalue weighted by Gasteiger charge is -2.41. The third-order valence-electron chi connectivity index (χ3n) is 4.96. The SMILES string of the molecule is CC#CC(=O)N(CCF)C1CC(Oc2nc(-c3cnn(C)c3)cn3nccc23)C1. The number of nitrogens with zero attached hydrogens (tertiary/aromatic N) is 6. The van der Waals surface area contributed by atoms with Gasteiger partial charge in [-0.1, -0.05) is 5.92 Å². The molecule has 0 atom stereocenters. The number of fused-ring (bicyclic) bond motifs is 1. The summed E-state index contributed by atoms with van der Waals surface area (Å²) in [7, 11) is 1.84. The summed E-state index contributed by atoms with van der Waals surface area (Å²) >= 11 is 0. The van der Waals surface area contributed by atoms with Crippen molar-refractivity contribution in [1.82, 2.24) is 29.3 Å². The molecule has 4 rings (SSSR count). The summed E-state index contributed by atoms with van der Waals surface area (Å²) in [6, 6.07) is 1.76. The van der Waals surface area contributed by atoms with E-state index in [-0.39, 0.29) is 24.6 Å². The Hall–Kier alpha value is -3.41. The number of amides is 1. The molecule has 0 aliphatic heterocycles. The van der Waals surface area contributed by atoms with Crippen LogP contribution >= 0.6 is 0 Å². The standard InChI is InChI=1S/C20H21FN6O2/c1-3-4-19(28)26(8-6-21)15-9-16(10-15)29-20-18-5-7-22-27(18)13-17(24-20)14-11-23-25(2)12-14/h5,7,11-13,15-16H,6,8-10H2,1-2H3. The van der Waals surface area contributed by atoms with E-state index in [1.807, 2.05) is 25.5 Å². The number of carbonyl (C=O) groups excluding carboxylic acids is 1. The minimum atomic E-state index is -0.593. The van der Waals surface area contributed by atoms with Crippen molar-refractivity contribution < 1.29 is 13.9 Å². The zero-order valence-electron chi connectivity index (χ0n) is 16.2. The van der Waals surface area contributed by atoms with Crippen molar-refractivity contribution in [3.8, 4) is 29.0 Å². The second-order valence-electron chi connectivity index (χ2n) is 6.92. The molecule has 8 nitrogen and oxygen atoms in total. The van der Waals surface area contributed by atoms with Gasteiger partial charge in [-0.15, -0.1) is 0 Å². The highest BCUT2D eigenvalue weighted by atomic mass is 19.1. The Morgan fingerprint density at radius 3 is 2.90 bits per heavy atom. The predicted molar refractivity (Wildman–Crippen MR) is 104 cm³/mol. The number of aromatic nitrogens is 5. The molecular formula is C20H21FN6O2. The first-order chi connectivity index (χ1) is 14.1. The second kappa shape index (κ2) is 7.91. The number of carbonyl (C=O) groups is 1. The van der Waals surface area contributed by atoms with Crippen molar-refractivity contribution in [2.45, 2.75) is 31.9 Å². The lowest BCUT2D eigenvalue weighted by molar-refractivity contribution is -0.131. The number of ether oxygens (including phenoxy) is 1. The van der Waals surface area contributed by atoms with E-state index >= 15 is 0 Å². The number of halogens is 1. The van der Waals surface area contributed by atoms with E-state index < -0.39 is 6.67 Å². The lowest BCUT2D eigenvalue weighted by Crippen LogP contribution is -2.52. The van der Waals surface area contributed by atoms with Crippen LogP contribution in [0.5, 0.6) is 5.88 Å². The van der Waals surface area contributed by atoms with Crippen LogP contribution in [0.15, 0.2) is 30.9 Å². The van der Waals surface area contributed by atoms with Crippen LogP contribution < -0.4 is 4.74 Å².